The molecule has 0 radical (unpaired) electrons. The minimum atomic E-state index is -1.34. The lowest BCUT2D eigenvalue weighted by molar-refractivity contribution is -0.216. The number of rotatable bonds is 3. The SMILES string of the molecule is OC[C@H]1OC(C=Cc2ccccc2)[C@H](O)[C@@H](O)[C@H]1O. The zero-order valence-corrected chi connectivity index (χ0v) is 10.3. The van der Waals surface area contributed by atoms with Gasteiger partial charge in [0.1, 0.15) is 30.5 Å². The molecule has 1 heterocycles. The summed E-state index contributed by atoms with van der Waals surface area (Å²) >= 11 is 0. The molecule has 0 aromatic heterocycles. The maximum atomic E-state index is 9.83. The second-order valence-electron chi connectivity index (χ2n) is 4.56. The highest BCUT2D eigenvalue weighted by Gasteiger charge is 2.42. The van der Waals surface area contributed by atoms with Gasteiger partial charge in [-0.15, -0.1) is 0 Å². The lowest BCUT2D eigenvalue weighted by Gasteiger charge is -2.38. The molecule has 1 unspecified atom stereocenters. The van der Waals surface area contributed by atoms with Crippen LogP contribution in [0.4, 0.5) is 0 Å². The van der Waals surface area contributed by atoms with Crippen molar-refractivity contribution < 1.29 is 25.2 Å². The van der Waals surface area contributed by atoms with Gasteiger partial charge in [-0.1, -0.05) is 42.5 Å². The van der Waals surface area contributed by atoms with Gasteiger partial charge in [-0.3, -0.25) is 0 Å². The smallest absolute Gasteiger partial charge is 0.112 e. The molecule has 1 aromatic rings. The molecule has 1 saturated heterocycles. The number of hydrogen-bond acceptors (Lipinski definition) is 5. The zero-order valence-electron chi connectivity index (χ0n) is 10.3. The fourth-order valence-corrected chi connectivity index (χ4v) is 2.06. The molecule has 0 amide bonds. The summed E-state index contributed by atoms with van der Waals surface area (Å²) in [5.41, 5.74) is 0.930. The van der Waals surface area contributed by atoms with E-state index >= 15 is 0 Å². The molecule has 0 aliphatic carbocycles. The Morgan fingerprint density at radius 3 is 2.32 bits per heavy atom. The standard InChI is InChI=1S/C14H18O5/c15-8-11-13(17)14(18)12(16)10(19-11)7-6-9-4-2-1-3-5-9/h1-7,10-18H,8H2/t10?,11-,12+,13+,14-/m1/s1. The van der Waals surface area contributed by atoms with E-state index in [1.54, 1.807) is 12.2 Å². The quantitative estimate of drug-likeness (QED) is 0.594. The normalized spacial score (nSPS) is 35.7. The van der Waals surface area contributed by atoms with E-state index in [9.17, 15) is 15.3 Å². The molecule has 4 N–H and O–H groups in total. The van der Waals surface area contributed by atoms with Crippen LogP contribution in [-0.4, -0.2) is 57.6 Å². The van der Waals surface area contributed by atoms with Gasteiger partial charge >= 0.3 is 0 Å². The van der Waals surface area contributed by atoms with Crippen LogP contribution in [-0.2, 0) is 4.74 Å². The molecule has 104 valence electrons. The fourth-order valence-electron chi connectivity index (χ4n) is 2.06. The van der Waals surface area contributed by atoms with Gasteiger partial charge in [-0.05, 0) is 5.56 Å². The first-order valence-corrected chi connectivity index (χ1v) is 6.17. The van der Waals surface area contributed by atoms with Crippen molar-refractivity contribution in [3.8, 4) is 0 Å². The van der Waals surface area contributed by atoms with Crippen molar-refractivity contribution in [2.45, 2.75) is 30.5 Å². The summed E-state index contributed by atoms with van der Waals surface area (Å²) in [6.07, 6.45) is -2.15. The van der Waals surface area contributed by atoms with Gasteiger partial charge in [0.05, 0.1) is 6.61 Å². The first-order valence-electron chi connectivity index (χ1n) is 6.17. The zero-order chi connectivity index (χ0) is 13.8. The van der Waals surface area contributed by atoms with Crippen molar-refractivity contribution in [1.29, 1.82) is 0 Å². The Morgan fingerprint density at radius 1 is 1.00 bits per heavy atom. The summed E-state index contributed by atoms with van der Waals surface area (Å²) < 4.78 is 5.36. The Balaban J connectivity index is 2.09. The van der Waals surface area contributed by atoms with Crippen molar-refractivity contribution in [3.63, 3.8) is 0 Å². The predicted octanol–water partition coefficient (Wildman–Crippen LogP) is -0.458. The molecule has 5 atom stereocenters. The molecule has 0 spiro atoms. The van der Waals surface area contributed by atoms with E-state index < -0.39 is 37.1 Å². The van der Waals surface area contributed by atoms with Crippen LogP contribution in [0.15, 0.2) is 36.4 Å². The monoisotopic (exact) mass is 266 g/mol. The highest BCUT2D eigenvalue weighted by Crippen LogP contribution is 2.22. The van der Waals surface area contributed by atoms with Crippen molar-refractivity contribution in [2.75, 3.05) is 6.61 Å². The van der Waals surface area contributed by atoms with Crippen molar-refractivity contribution >= 4 is 6.08 Å². The second-order valence-corrected chi connectivity index (χ2v) is 4.56. The third-order valence-electron chi connectivity index (χ3n) is 3.21. The number of aliphatic hydroxyl groups is 4. The molecule has 2 rings (SSSR count). The lowest BCUT2D eigenvalue weighted by atomic mass is 9.94. The number of benzene rings is 1. The Morgan fingerprint density at radius 2 is 1.68 bits per heavy atom. The molecule has 19 heavy (non-hydrogen) atoms. The third kappa shape index (κ3) is 3.20. The topological polar surface area (TPSA) is 90.2 Å². The van der Waals surface area contributed by atoms with E-state index in [4.69, 9.17) is 9.84 Å². The van der Waals surface area contributed by atoms with Gasteiger partial charge in [0.2, 0.25) is 0 Å². The number of ether oxygens (including phenoxy) is 1. The van der Waals surface area contributed by atoms with Crippen molar-refractivity contribution in [1.82, 2.24) is 0 Å². The number of hydrogen-bond donors (Lipinski definition) is 4. The summed E-state index contributed by atoms with van der Waals surface area (Å²) in [7, 11) is 0. The van der Waals surface area contributed by atoms with Crippen LogP contribution in [0.2, 0.25) is 0 Å². The van der Waals surface area contributed by atoms with Crippen LogP contribution in [0.1, 0.15) is 5.56 Å². The summed E-state index contributed by atoms with van der Waals surface area (Å²) in [5.74, 6) is 0. The Labute approximate surface area is 111 Å². The fraction of sp³-hybridized carbons (Fsp3) is 0.429. The Bertz CT molecular complexity index is 417. The van der Waals surface area contributed by atoms with E-state index in [1.165, 1.54) is 0 Å². The van der Waals surface area contributed by atoms with E-state index in [1.807, 2.05) is 30.3 Å². The summed E-state index contributed by atoms with van der Waals surface area (Å²) in [4.78, 5) is 0. The highest BCUT2D eigenvalue weighted by molar-refractivity contribution is 5.49. The highest BCUT2D eigenvalue weighted by atomic mass is 16.5. The molecule has 1 fully saturated rings. The summed E-state index contributed by atoms with van der Waals surface area (Å²) in [5, 5.41) is 38.2. The lowest BCUT2D eigenvalue weighted by Crippen LogP contribution is -2.57. The van der Waals surface area contributed by atoms with Crippen LogP contribution in [0.5, 0.6) is 0 Å². The summed E-state index contributed by atoms with van der Waals surface area (Å²) in [6, 6.07) is 9.44. The molecule has 1 aliphatic heterocycles. The van der Waals surface area contributed by atoms with E-state index in [0.29, 0.717) is 0 Å². The average molecular weight is 266 g/mol. The van der Waals surface area contributed by atoms with Gasteiger partial charge in [-0.25, -0.2) is 0 Å². The molecular formula is C14H18O5. The second kappa shape index (κ2) is 6.27. The third-order valence-corrected chi connectivity index (χ3v) is 3.21. The minimum Gasteiger partial charge on any atom is -0.394 e. The van der Waals surface area contributed by atoms with Crippen LogP contribution >= 0.6 is 0 Å². The molecular weight excluding hydrogens is 248 g/mol. The van der Waals surface area contributed by atoms with E-state index in [-0.39, 0.29) is 0 Å². The van der Waals surface area contributed by atoms with Gasteiger partial charge < -0.3 is 25.2 Å². The van der Waals surface area contributed by atoms with Crippen LogP contribution in [0.3, 0.4) is 0 Å². The maximum Gasteiger partial charge on any atom is 0.112 e. The predicted molar refractivity (Wildman–Crippen MR) is 69.2 cm³/mol. The molecule has 1 aromatic carbocycles. The summed E-state index contributed by atoms with van der Waals surface area (Å²) in [6.45, 7) is -0.416. The van der Waals surface area contributed by atoms with Crippen molar-refractivity contribution in [2.24, 2.45) is 0 Å². The van der Waals surface area contributed by atoms with E-state index in [0.717, 1.165) is 5.56 Å². The maximum absolute atomic E-state index is 9.83. The number of aliphatic hydroxyl groups excluding tert-OH is 4. The first-order chi connectivity index (χ1) is 9.13. The van der Waals surface area contributed by atoms with Crippen LogP contribution < -0.4 is 0 Å². The molecule has 5 nitrogen and oxygen atoms in total. The molecule has 0 saturated carbocycles. The Hall–Kier alpha value is -1.24. The molecule has 1 aliphatic rings. The average Bonchev–Trinajstić information content (AvgIpc) is 2.45. The largest absolute Gasteiger partial charge is 0.394 e. The first kappa shape index (κ1) is 14.2. The molecule has 0 bridgehead atoms. The van der Waals surface area contributed by atoms with Gasteiger partial charge in [0, 0.05) is 0 Å². The minimum absolute atomic E-state index is 0.416. The van der Waals surface area contributed by atoms with Gasteiger partial charge in [-0.2, -0.15) is 0 Å². The van der Waals surface area contributed by atoms with Crippen LogP contribution in [0.25, 0.3) is 6.08 Å². The Kier molecular flexibility index (Phi) is 4.68. The van der Waals surface area contributed by atoms with E-state index in [2.05, 4.69) is 0 Å². The molecule has 5 heteroatoms. The van der Waals surface area contributed by atoms with Gasteiger partial charge in [0.15, 0.2) is 0 Å². The van der Waals surface area contributed by atoms with Crippen molar-refractivity contribution in [3.05, 3.63) is 42.0 Å². The van der Waals surface area contributed by atoms with Gasteiger partial charge in [0.25, 0.3) is 0 Å². The van der Waals surface area contributed by atoms with Crippen LogP contribution in [0, 0.1) is 0 Å².